The predicted octanol–water partition coefficient (Wildman–Crippen LogP) is 4.73. The van der Waals surface area contributed by atoms with E-state index in [9.17, 15) is 4.79 Å². The van der Waals surface area contributed by atoms with E-state index in [0.29, 0.717) is 29.3 Å². The topological polar surface area (TPSA) is 51.2 Å². The van der Waals surface area contributed by atoms with Crippen molar-refractivity contribution in [1.82, 2.24) is 4.98 Å². The lowest BCUT2D eigenvalue weighted by Gasteiger charge is -2.39. The number of hydrogen-bond acceptors (Lipinski definition) is 4. The molecule has 2 atom stereocenters. The van der Waals surface area contributed by atoms with Gasteiger partial charge in [-0.3, -0.25) is 4.79 Å². The number of carbonyl (C=O) groups excluding carboxylic acids is 1. The zero-order valence-electron chi connectivity index (χ0n) is 14.8. The van der Waals surface area contributed by atoms with Crippen LogP contribution in [0.1, 0.15) is 59.8 Å². The number of anilines is 1. The van der Waals surface area contributed by atoms with Crippen molar-refractivity contribution in [3.05, 3.63) is 11.6 Å². The second-order valence-electron chi connectivity index (χ2n) is 7.68. The van der Waals surface area contributed by atoms with Crippen LogP contribution in [0, 0.1) is 17.8 Å². The van der Waals surface area contributed by atoms with E-state index in [-0.39, 0.29) is 11.5 Å². The molecule has 4 nitrogen and oxygen atoms in total. The van der Waals surface area contributed by atoms with Crippen LogP contribution < -0.4 is 5.32 Å². The summed E-state index contributed by atoms with van der Waals surface area (Å²) >= 11 is 1.47. The predicted molar refractivity (Wildman–Crippen MR) is 95.7 cm³/mol. The van der Waals surface area contributed by atoms with Gasteiger partial charge in [0.1, 0.15) is 0 Å². The smallest absolute Gasteiger partial charge is 0.226 e. The molecule has 1 N–H and O–H groups in total. The molecule has 23 heavy (non-hydrogen) atoms. The van der Waals surface area contributed by atoms with E-state index in [2.05, 4.69) is 38.0 Å². The van der Waals surface area contributed by atoms with E-state index in [1.807, 2.05) is 5.38 Å². The van der Waals surface area contributed by atoms with Crippen LogP contribution in [0.25, 0.3) is 0 Å². The minimum Gasteiger partial charge on any atom is -0.376 e. The SMILES string of the molecule is CC(C)CC[C@H](CC(=O)Nc1nccs1)[C@H]1CCOC(C)(C)C1. The highest BCUT2D eigenvalue weighted by Gasteiger charge is 2.34. The molecule has 0 spiro atoms. The van der Waals surface area contributed by atoms with E-state index in [4.69, 9.17) is 4.74 Å². The summed E-state index contributed by atoms with van der Waals surface area (Å²) < 4.78 is 5.85. The number of hydrogen-bond donors (Lipinski definition) is 1. The zero-order valence-corrected chi connectivity index (χ0v) is 15.6. The molecule has 1 fully saturated rings. The normalized spacial score (nSPS) is 22.0. The monoisotopic (exact) mass is 338 g/mol. The third-order valence-corrected chi connectivity index (χ3v) is 5.33. The van der Waals surface area contributed by atoms with Gasteiger partial charge in [-0.15, -0.1) is 11.3 Å². The van der Waals surface area contributed by atoms with Gasteiger partial charge in [0.15, 0.2) is 5.13 Å². The maximum Gasteiger partial charge on any atom is 0.226 e. The fraction of sp³-hybridized carbons (Fsp3) is 0.778. The molecule has 1 saturated heterocycles. The first-order valence-corrected chi connectivity index (χ1v) is 9.57. The van der Waals surface area contributed by atoms with Crippen molar-refractivity contribution in [3.8, 4) is 0 Å². The molecule has 2 heterocycles. The van der Waals surface area contributed by atoms with Crippen LogP contribution in [0.4, 0.5) is 5.13 Å². The maximum absolute atomic E-state index is 12.4. The van der Waals surface area contributed by atoms with Crippen LogP contribution in [0.15, 0.2) is 11.6 Å². The number of carbonyl (C=O) groups is 1. The van der Waals surface area contributed by atoms with Gasteiger partial charge >= 0.3 is 0 Å². The Balaban J connectivity index is 1.96. The Morgan fingerprint density at radius 1 is 1.48 bits per heavy atom. The molecule has 130 valence electrons. The van der Waals surface area contributed by atoms with Crippen molar-refractivity contribution in [2.45, 2.75) is 65.4 Å². The minimum atomic E-state index is -0.0647. The number of thiazole rings is 1. The Labute approximate surface area is 144 Å². The molecule has 0 radical (unpaired) electrons. The lowest BCUT2D eigenvalue weighted by molar-refractivity contribution is -0.119. The molecular weight excluding hydrogens is 308 g/mol. The molecule has 0 saturated carbocycles. The summed E-state index contributed by atoms with van der Waals surface area (Å²) in [5, 5.41) is 5.52. The van der Waals surface area contributed by atoms with Crippen molar-refractivity contribution in [2.75, 3.05) is 11.9 Å². The van der Waals surface area contributed by atoms with E-state index >= 15 is 0 Å². The van der Waals surface area contributed by atoms with Crippen molar-refractivity contribution < 1.29 is 9.53 Å². The summed E-state index contributed by atoms with van der Waals surface area (Å²) in [5.41, 5.74) is -0.0647. The first-order valence-electron chi connectivity index (χ1n) is 8.69. The highest BCUT2D eigenvalue weighted by Crippen LogP contribution is 2.37. The lowest BCUT2D eigenvalue weighted by Crippen LogP contribution is -2.37. The van der Waals surface area contributed by atoms with Crippen molar-refractivity contribution in [2.24, 2.45) is 17.8 Å². The van der Waals surface area contributed by atoms with E-state index < -0.39 is 0 Å². The van der Waals surface area contributed by atoms with Gasteiger partial charge in [-0.25, -0.2) is 4.98 Å². The minimum absolute atomic E-state index is 0.0647. The first kappa shape index (κ1) is 18.4. The summed E-state index contributed by atoms with van der Waals surface area (Å²) in [5.74, 6) is 1.77. The van der Waals surface area contributed by atoms with Crippen LogP contribution in [0.3, 0.4) is 0 Å². The van der Waals surface area contributed by atoms with Gasteiger partial charge in [0, 0.05) is 24.6 Å². The molecule has 0 aliphatic carbocycles. The molecule has 1 aromatic heterocycles. The fourth-order valence-electron chi connectivity index (χ4n) is 3.43. The Kier molecular flexibility index (Phi) is 6.60. The third-order valence-electron chi connectivity index (χ3n) is 4.64. The second-order valence-corrected chi connectivity index (χ2v) is 8.58. The number of aromatic nitrogens is 1. The van der Waals surface area contributed by atoms with Gasteiger partial charge < -0.3 is 10.1 Å². The van der Waals surface area contributed by atoms with E-state index in [1.54, 1.807) is 6.20 Å². The molecule has 1 amide bonds. The molecule has 0 aromatic carbocycles. The Morgan fingerprint density at radius 3 is 2.87 bits per heavy atom. The number of amides is 1. The summed E-state index contributed by atoms with van der Waals surface area (Å²) in [6.07, 6.45) is 6.71. The highest BCUT2D eigenvalue weighted by atomic mass is 32.1. The van der Waals surface area contributed by atoms with Crippen LogP contribution in [0.2, 0.25) is 0 Å². The van der Waals surface area contributed by atoms with Crippen LogP contribution in [0.5, 0.6) is 0 Å². The Bertz CT molecular complexity index is 485. The summed E-state index contributed by atoms with van der Waals surface area (Å²) in [4.78, 5) is 16.5. The van der Waals surface area contributed by atoms with Gasteiger partial charge in [0.25, 0.3) is 0 Å². The molecule has 1 aromatic rings. The molecule has 1 aliphatic heterocycles. The van der Waals surface area contributed by atoms with Crippen LogP contribution in [-0.2, 0) is 9.53 Å². The van der Waals surface area contributed by atoms with Crippen molar-refractivity contribution in [1.29, 1.82) is 0 Å². The number of nitrogens with zero attached hydrogens (tertiary/aromatic N) is 1. The lowest BCUT2D eigenvalue weighted by atomic mass is 9.75. The molecule has 0 unspecified atom stereocenters. The van der Waals surface area contributed by atoms with Crippen molar-refractivity contribution in [3.63, 3.8) is 0 Å². The van der Waals surface area contributed by atoms with Gasteiger partial charge in [0.05, 0.1) is 5.60 Å². The Hall–Kier alpha value is -0.940. The van der Waals surface area contributed by atoms with Gasteiger partial charge in [-0.05, 0) is 50.9 Å². The largest absolute Gasteiger partial charge is 0.376 e. The van der Waals surface area contributed by atoms with Crippen LogP contribution >= 0.6 is 11.3 Å². The standard InChI is InChI=1S/C18H30N2O2S/c1-13(2)5-6-14(15-7-9-22-18(3,4)12-15)11-16(21)20-17-19-8-10-23-17/h8,10,13-15H,5-7,9,11-12H2,1-4H3,(H,19,20,21)/t14-,15+/m1/s1. The summed E-state index contributed by atoms with van der Waals surface area (Å²) in [7, 11) is 0. The number of rotatable bonds is 7. The van der Waals surface area contributed by atoms with Crippen molar-refractivity contribution >= 4 is 22.4 Å². The van der Waals surface area contributed by atoms with Gasteiger partial charge in [-0.2, -0.15) is 0 Å². The molecule has 2 rings (SSSR count). The summed E-state index contributed by atoms with van der Waals surface area (Å²) in [6, 6.07) is 0. The highest BCUT2D eigenvalue weighted by molar-refractivity contribution is 7.13. The molecule has 1 aliphatic rings. The van der Waals surface area contributed by atoms with E-state index in [0.717, 1.165) is 25.9 Å². The average Bonchev–Trinajstić information content (AvgIpc) is 2.94. The van der Waals surface area contributed by atoms with Crippen LogP contribution in [-0.4, -0.2) is 23.1 Å². The molecule has 0 bridgehead atoms. The zero-order chi connectivity index (χ0) is 16.9. The van der Waals surface area contributed by atoms with Gasteiger partial charge in [-0.1, -0.05) is 20.3 Å². The first-order chi connectivity index (χ1) is 10.9. The second kappa shape index (κ2) is 8.25. The van der Waals surface area contributed by atoms with E-state index in [1.165, 1.54) is 17.8 Å². The Morgan fingerprint density at radius 2 is 2.26 bits per heavy atom. The molecular formula is C18H30N2O2S. The summed E-state index contributed by atoms with van der Waals surface area (Å²) in [6.45, 7) is 9.63. The maximum atomic E-state index is 12.4. The third kappa shape index (κ3) is 6.22. The van der Waals surface area contributed by atoms with Gasteiger partial charge in [0.2, 0.25) is 5.91 Å². The number of ether oxygens (including phenoxy) is 1. The average molecular weight is 339 g/mol. The molecule has 5 heteroatoms. The number of nitrogens with one attached hydrogen (secondary N) is 1. The quantitative estimate of drug-likeness (QED) is 0.782. The fourth-order valence-corrected chi connectivity index (χ4v) is 3.97.